The zero-order chi connectivity index (χ0) is 16.4. The molecule has 22 heavy (non-hydrogen) atoms. The van der Waals surface area contributed by atoms with Gasteiger partial charge in [-0.2, -0.15) is 0 Å². The van der Waals surface area contributed by atoms with Gasteiger partial charge in [-0.25, -0.2) is 0 Å². The summed E-state index contributed by atoms with van der Waals surface area (Å²) >= 11 is 1.37. The zero-order valence-electron chi connectivity index (χ0n) is 13.4. The van der Waals surface area contributed by atoms with Gasteiger partial charge in [-0.15, -0.1) is 10.2 Å². The first-order valence-corrected chi connectivity index (χ1v) is 7.95. The lowest BCUT2D eigenvalue weighted by atomic mass is 10.1. The van der Waals surface area contributed by atoms with Crippen molar-refractivity contribution in [2.45, 2.75) is 41.0 Å². The Hall–Kier alpha value is -2.02. The van der Waals surface area contributed by atoms with Crippen LogP contribution in [0.5, 0.6) is 0 Å². The second kappa shape index (κ2) is 6.39. The SMILES string of the molecule is CC(=O)c1c(C)[nH]c(C(=O)Nc2nnc(CC(C)C)s2)c1C. The smallest absolute Gasteiger partial charge is 0.274 e. The van der Waals surface area contributed by atoms with E-state index in [4.69, 9.17) is 0 Å². The third kappa shape index (κ3) is 3.41. The number of rotatable bonds is 5. The fraction of sp³-hybridized carbons (Fsp3) is 0.467. The van der Waals surface area contributed by atoms with Gasteiger partial charge in [-0.1, -0.05) is 25.2 Å². The van der Waals surface area contributed by atoms with Crippen molar-refractivity contribution in [1.29, 1.82) is 0 Å². The molecule has 0 saturated carbocycles. The molecule has 0 aliphatic rings. The number of carbonyl (C=O) groups excluding carboxylic acids is 2. The van der Waals surface area contributed by atoms with Gasteiger partial charge in [-0.3, -0.25) is 14.9 Å². The number of carbonyl (C=O) groups is 2. The maximum atomic E-state index is 12.3. The van der Waals surface area contributed by atoms with Crippen LogP contribution in [0.1, 0.15) is 57.9 Å². The lowest BCUT2D eigenvalue weighted by molar-refractivity contribution is 0.101. The number of nitrogens with zero attached hydrogens (tertiary/aromatic N) is 2. The molecule has 0 saturated heterocycles. The highest BCUT2D eigenvalue weighted by molar-refractivity contribution is 7.15. The minimum atomic E-state index is -0.305. The van der Waals surface area contributed by atoms with Gasteiger partial charge in [0, 0.05) is 17.7 Å². The van der Waals surface area contributed by atoms with Crippen molar-refractivity contribution in [3.63, 3.8) is 0 Å². The molecule has 0 aromatic carbocycles. The Balaban J connectivity index is 2.18. The maximum Gasteiger partial charge on any atom is 0.274 e. The number of hydrogen-bond acceptors (Lipinski definition) is 5. The molecular weight excluding hydrogens is 300 g/mol. The second-order valence-electron chi connectivity index (χ2n) is 5.73. The van der Waals surface area contributed by atoms with Crippen LogP contribution in [0.15, 0.2) is 0 Å². The topological polar surface area (TPSA) is 87.7 Å². The molecule has 0 spiro atoms. The van der Waals surface area contributed by atoms with Gasteiger partial charge in [0.1, 0.15) is 10.7 Å². The van der Waals surface area contributed by atoms with Crippen molar-refractivity contribution >= 4 is 28.2 Å². The first-order valence-electron chi connectivity index (χ1n) is 7.13. The van der Waals surface area contributed by atoms with Crippen molar-refractivity contribution in [1.82, 2.24) is 15.2 Å². The number of aryl methyl sites for hydroxylation is 1. The van der Waals surface area contributed by atoms with E-state index in [0.29, 0.717) is 33.6 Å². The first-order chi connectivity index (χ1) is 10.3. The number of H-pyrrole nitrogens is 1. The van der Waals surface area contributed by atoms with E-state index in [-0.39, 0.29) is 11.7 Å². The van der Waals surface area contributed by atoms with E-state index in [1.807, 2.05) is 0 Å². The average Bonchev–Trinajstić information content (AvgIpc) is 2.93. The van der Waals surface area contributed by atoms with Gasteiger partial charge in [0.2, 0.25) is 5.13 Å². The summed E-state index contributed by atoms with van der Waals surface area (Å²) in [5.41, 5.74) is 2.33. The van der Waals surface area contributed by atoms with Crippen molar-refractivity contribution < 1.29 is 9.59 Å². The number of aromatic nitrogens is 3. The number of Topliss-reactive ketones (excluding diaryl/α,β-unsaturated/α-hetero) is 1. The highest BCUT2D eigenvalue weighted by Crippen LogP contribution is 2.22. The predicted octanol–water partition coefficient (Wildman–Crippen LogP) is 3.14. The van der Waals surface area contributed by atoms with E-state index < -0.39 is 0 Å². The molecule has 2 aromatic heterocycles. The monoisotopic (exact) mass is 320 g/mol. The van der Waals surface area contributed by atoms with E-state index in [1.54, 1.807) is 13.8 Å². The lowest BCUT2D eigenvalue weighted by Crippen LogP contribution is -2.13. The van der Waals surface area contributed by atoms with Crippen molar-refractivity contribution in [2.24, 2.45) is 5.92 Å². The average molecular weight is 320 g/mol. The number of ketones is 1. The van der Waals surface area contributed by atoms with Crippen LogP contribution in [-0.2, 0) is 6.42 Å². The molecule has 2 aromatic rings. The van der Waals surface area contributed by atoms with Gasteiger partial charge in [0.25, 0.3) is 5.91 Å². The number of anilines is 1. The fourth-order valence-electron chi connectivity index (χ4n) is 2.40. The summed E-state index contributed by atoms with van der Waals surface area (Å²) in [6, 6.07) is 0. The van der Waals surface area contributed by atoms with Crippen LogP contribution < -0.4 is 5.32 Å². The molecule has 2 heterocycles. The molecule has 0 aliphatic carbocycles. The normalized spacial score (nSPS) is 11.0. The van der Waals surface area contributed by atoms with Gasteiger partial charge >= 0.3 is 0 Å². The van der Waals surface area contributed by atoms with Gasteiger partial charge in [0.05, 0.1) is 0 Å². The molecule has 0 atom stereocenters. The molecule has 7 heteroatoms. The molecule has 0 aliphatic heterocycles. The van der Waals surface area contributed by atoms with Crippen LogP contribution in [0.25, 0.3) is 0 Å². The van der Waals surface area contributed by atoms with E-state index in [9.17, 15) is 9.59 Å². The second-order valence-corrected chi connectivity index (χ2v) is 6.80. The molecule has 0 radical (unpaired) electrons. The Kier molecular flexibility index (Phi) is 4.75. The van der Waals surface area contributed by atoms with Crippen LogP contribution in [0.3, 0.4) is 0 Å². The Bertz CT molecular complexity index is 715. The number of amides is 1. The zero-order valence-corrected chi connectivity index (χ0v) is 14.2. The molecule has 0 bridgehead atoms. The summed E-state index contributed by atoms with van der Waals surface area (Å²) in [5, 5.41) is 12.2. The van der Waals surface area contributed by atoms with Crippen LogP contribution in [0, 0.1) is 19.8 Å². The van der Waals surface area contributed by atoms with Gasteiger partial charge in [-0.05, 0) is 32.3 Å². The predicted molar refractivity (Wildman–Crippen MR) is 86.7 cm³/mol. The summed E-state index contributed by atoms with van der Waals surface area (Å²) in [6.45, 7) is 9.25. The van der Waals surface area contributed by atoms with Crippen molar-refractivity contribution in [3.8, 4) is 0 Å². The fourth-order valence-corrected chi connectivity index (χ4v) is 3.35. The number of nitrogens with one attached hydrogen (secondary N) is 2. The van der Waals surface area contributed by atoms with Crippen LogP contribution in [0.4, 0.5) is 5.13 Å². The van der Waals surface area contributed by atoms with Crippen molar-refractivity contribution in [3.05, 3.63) is 27.5 Å². The summed E-state index contributed by atoms with van der Waals surface area (Å²) in [5.74, 6) is 0.128. The molecule has 0 fully saturated rings. The van der Waals surface area contributed by atoms with Crippen molar-refractivity contribution in [2.75, 3.05) is 5.32 Å². The quantitative estimate of drug-likeness (QED) is 0.828. The summed E-state index contributed by atoms with van der Waals surface area (Å²) in [6.07, 6.45) is 0.836. The Morgan fingerprint density at radius 2 is 1.95 bits per heavy atom. The highest BCUT2D eigenvalue weighted by atomic mass is 32.1. The third-order valence-corrected chi connectivity index (χ3v) is 4.15. The van der Waals surface area contributed by atoms with Crippen LogP contribution >= 0.6 is 11.3 Å². The first kappa shape index (κ1) is 16.4. The summed E-state index contributed by atoms with van der Waals surface area (Å²) in [4.78, 5) is 26.9. The standard InChI is InChI=1S/C15H20N4O2S/c1-7(2)6-11-18-19-15(22-11)17-14(21)13-8(3)12(10(5)20)9(4)16-13/h7,16H,6H2,1-5H3,(H,17,19,21). The van der Waals surface area contributed by atoms with E-state index >= 15 is 0 Å². The Labute approximate surface area is 133 Å². The third-order valence-electron chi connectivity index (χ3n) is 3.29. The Morgan fingerprint density at radius 3 is 2.50 bits per heavy atom. The molecule has 2 rings (SSSR count). The summed E-state index contributed by atoms with van der Waals surface area (Å²) < 4.78 is 0. The largest absolute Gasteiger partial charge is 0.354 e. The van der Waals surface area contributed by atoms with Gasteiger partial charge in [0.15, 0.2) is 5.78 Å². The van der Waals surface area contributed by atoms with E-state index in [1.165, 1.54) is 18.3 Å². The van der Waals surface area contributed by atoms with Gasteiger partial charge < -0.3 is 4.98 Å². The molecule has 1 amide bonds. The van der Waals surface area contributed by atoms with Crippen LogP contribution in [-0.4, -0.2) is 26.9 Å². The maximum absolute atomic E-state index is 12.3. The Morgan fingerprint density at radius 1 is 1.27 bits per heavy atom. The summed E-state index contributed by atoms with van der Waals surface area (Å²) in [7, 11) is 0. The molecule has 2 N–H and O–H groups in total. The number of hydrogen-bond donors (Lipinski definition) is 2. The minimum Gasteiger partial charge on any atom is -0.354 e. The molecule has 118 valence electrons. The van der Waals surface area contributed by atoms with E-state index in [0.717, 1.165) is 11.4 Å². The highest BCUT2D eigenvalue weighted by Gasteiger charge is 2.20. The van der Waals surface area contributed by atoms with Crippen LogP contribution in [0.2, 0.25) is 0 Å². The number of aromatic amines is 1. The molecular formula is C15H20N4O2S. The minimum absolute atomic E-state index is 0.0552. The lowest BCUT2D eigenvalue weighted by Gasteiger charge is -2.01. The molecule has 0 unspecified atom stereocenters. The molecule has 6 nitrogen and oxygen atoms in total. The van der Waals surface area contributed by atoms with E-state index in [2.05, 4.69) is 34.3 Å².